The van der Waals surface area contributed by atoms with E-state index in [1.165, 1.54) is 51.5 Å². The van der Waals surface area contributed by atoms with Crippen molar-refractivity contribution in [2.45, 2.75) is 57.0 Å². The van der Waals surface area contributed by atoms with E-state index in [9.17, 15) is 4.79 Å². The van der Waals surface area contributed by atoms with Crippen LogP contribution in [0.25, 0.3) is 10.8 Å². The van der Waals surface area contributed by atoms with Gasteiger partial charge in [-0.2, -0.15) is 0 Å². The number of rotatable bonds is 3. The molecule has 1 saturated heterocycles. The molecule has 2 aliphatic rings. The number of nitrogens with zero attached hydrogens (tertiary/aromatic N) is 1. The van der Waals surface area contributed by atoms with Crippen molar-refractivity contribution in [1.29, 1.82) is 0 Å². The first-order valence-electron chi connectivity index (χ1n) is 9.42. The van der Waals surface area contributed by atoms with Crippen LogP contribution in [0.3, 0.4) is 0 Å². The minimum absolute atomic E-state index is 0.0137. The molecule has 2 heterocycles. The van der Waals surface area contributed by atoms with Gasteiger partial charge in [-0.25, -0.2) is 0 Å². The summed E-state index contributed by atoms with van der Waals surface area (Å²) in [6, 6.07) is 9.36. The number of anilines is 1. The van der Waals surface area contributed by atoms with Crippen molar-refractivity contribution in [2.75, 3.05) is 18.4 Å². The van der Waals surface area contributed by atoms with Gasteiger partial charge in [0.05, 0.1) is 0 Å². The topological polar surface area (TPSA) is 48.1 Å². The highest BCUT2D eigenvalue weighted by atomic mass is 16.1. The molecule has 4 heteroatoms. The number of hydrogen-bond donors (Lipinski definition) is 2. The van der Waals surface area contributed by atoms with Crippen molar-refractivity contribution < 1.29 is 0 Å². The molecule has 1 atom stereocenters. The maximum absolute atomic E-state index is 11.8. The van der Waals surface area contributed by atoms with Gasteiger partial charge in [-0.05, 0) is 61.9 Å². The van der Waals surface area contributed by atoms with E-state index >= 15 is 0 Å². The zero-order valence-corrected chi connectivity index (χ0v) is 14.3. The maximum atomic E-state index is 11.8. The van der Waals surface area contributed by atoms with E-state index in [2.05, 4.69) is 21.3 Å². The monoisotopic (exact) mass is 325 g/mol. The fraction of sp³-hybridized carbons (Fsp3) is 0.550. The van der Waals surface area contributed by atoms with Crippen molar-refractivity contribution in [2.24, 2.45) is 0 Å². The number of nitrogens with one attached hydrogen (secondary N) is 2. The Morgan fingerprint density at radius 2 is 1.92 bits per heavy atom. The van der Waals surface area contributed by atoms with E-state index < -0.39 is 0 Å². The van der Waals surface area contributed by atoms with Crippen molar-refractivity contribution in [3.8, 4) is 0 Å². The van der Waals surface area contributed by atoms with Crippen LogP contribution in [0.5, 0.6) is 0 Å². The molecule has 0 radical (unpaired) electrons. The van der Waals surface area contributed by atoms with Gasteiger partial charge in [0.25, 0.3) is 5.56 Å². The van der Waals surface area contributed by atoms with Gasteiger partial charge >= 0.3 is 0 Å². The molecular formula is C20H27N3O. The number of likely N-dealkylation sites (tertiary alicyclic amines) is 1. The third-order valence-electron chi connectivity index (χ3n) is 5.69. The number of H-pyrrole nitrogens is 1. The summed E-state index contributed by atoms with van der Waals surface area (Å²) >= 11 is 0. The van der Waals surface area contributed by atoms with Gasteiger partial charge < -0.3 is 10.3 Å². The number of fused-ring (bicyclic) bond motifs is 1. The van der Waals surface area contributed by atoms with E-state index in [4.69, 9.17) is 0 Å². The molecule has 4 rings (SSSR count). The summed E-state index contributed by atoms with van der Waals surface area (Å²) in [6.45, 7) is 2.41. The second-order valence-electron chi connectivity index (χ2n) is 7.38. The van der Waals surface area contributed by atoms with E-state index in [-0.39, 0.29) is 5.56 Å². The van der Waals surface area contributed by atoms with Gasteiger partial charge in [0.1, 0.15) is 0 Å². The summed E-state index contributed by atoms with van der Waals surface area (Å²) in [4.78, 5) is 17.3. The molecule has 1 aromatic carbocycles. The summed E-state index contributed by atoms with van der Waals surface area (Å²) in [5.41, 5.74) is 1.11. The van der Waals surface area contributed by atoms with Crippen molar-refractivity contribution >= 4 is 16.5 Å². The summed E-state index contributed by atoms with van der Waals surface area (Å²) < 4.78 is 0. The van der Waals surface area contributed by atoms with Crippen LogP contribution in [0.4, 0.5) is 5.69 Å². The summed E-state index contributed by atoms with van der Waals surface area (Å²) in [6.07, 6.45) is 11.2. The third kappa shape index (κ3) is 3.34. The van der Waals surface area contributed by atoms with Crippen molar-refractivity contribution in [3.05, 3.63) is 40.8 Å². The lowest BCUT2D eigenvalue weighted by Crippen LogP contribution is -2.47. The number of hydrogen-bond acceptors (Lipinski definition) is 3. The largest absolute Gasteiger partial charge is 0.381 e. The SMILES string of the molecule is O=c1[nH]ccc2cc(NC3CCCN(C4CCCCC4)C3)ccc12. The van der Waals surface area contributed by atoms with Gasteiger partial charge in [-0.1, -0.05) is 19.3 Å². The molecular weight excluding hydrogens is 298 g/mol. The molecule has 24 heavy (non-hydrogen) atoms. The Hall–Kier alpha value is -1.81. The average molecular weight is 325 g/mol. The maximum Gasteiger partial charge on any atom is 0.255 e. The lowest BCUT2D eigenvalue weighted by Gasteiger charge is -2.40. The summed E-state index contributed by atoms with van der Waals surface area (Å²) in [7, 11) is 0. The van der Waals surface area contributed by atoms with E-state index in [1.807, 2.05) is 18.2 Å². The highest BCUT2D eigenvalue weighted by Crippen LogP contribution is 2.26. The Morgan fingerprint density at radius 1 is 1.04 bits per heavy atom. The zero-order chi connectivity index (χ0) is 16.4. The van der Waals surface area contributed by atoms with Crippen LogP contribution in [0, 0.1) is 0 Å². The molecule has 0 spiro atoms. The normalized spacial score (nSPS) is 23.4. The van der Waals surface area contributed by atoms with Crippen LogP contribution in [0.15, 0.2) is 35.3 Å². The third-order valence-corrected chi connectivity index (χ3v) is 5.69. The Bertz CT molecular complexity index is 748. The number of aromatic nitrogens is 1. The molecule has 128 valence electrons. The van der Waals surface area contributed by atoms with Crippen LogP contribution >= 0.6 is 0 Å². The summed E-state index contributed by atoms with van der Waals surface area (Å²) in [5.74, 6) is 0. The molecule has 2 fully saturated rings. The van der Waals surface area contributed by atoms with Crippen molar-refractivity contribution in [3.63, 3.8) is 0 Å². The second kappa shape index (κ2) is 6.98. The highest BCUT2D eigenvalue weighted by molar-refractivity contribution is 5.84. The Morgan fingerprint density at radius 3 is 2.79 bits per heavy atom. The van der Waals surface area contributed by atoms with Crippen LogP contribution in [0.2, 0.25) is 0 Å². The van der Waals surface area contributed by atoms with E-state index in [0.29, 0.717) is 6.04 Å². The molecule has 1 aliphatic heterocycles. The number of piperidine rings is 1. The predicted molar refractivity (Wildman–Crippen MR) is 99.7 cm³/mol. The number of aromatic amines is 1. The van der Waals surface area contributed by atoms with Crippen LogP contribution in [0.1, 0.15) is 44.9 Å². The van der Waals surface area contributed by atoms with Crippen LogP contribution in [-0.2, 0) is 0 Å². The van der Waals surface area contributed by atoms with Crippen LogP contribution in [-0.4, -0.2) is 35.1 Å². The molecule has 1 aromatic heterocycles. The lowest BCUT2D eigenvalue weighted by molar-refractivity contribution is 0.124. The number of benzene rings is 1. The molecule has 0 bridgehead atoms. The Labute approximate surface area is 143 Å². The Kier molecular flexibility index (Phi) is 4.56. The average Bonchev–Trinajstić information content (AvgIpc) is 2.63. The first-order chi connectivity index (χ1) is 11.8. The van der Waals surface area contributed by atoms with Gasteiger partial charge in [0.15, 0.2) is 0 Å². The first kappa shape index (κ1) is 15.7. The minimum atomic E-state index is -0.0137. The van der Waals surface area contributed by atoms with E-state index in [0.717, 1.165) is 29.0 Å². The summed E-state index contributed by atoms with van der Waals surface area (Å²) in [5, 5.41) is 5.47. The molecule has 1 unspecified atom stereocenters. The smallest absolute Gasteiger partial charge is 0.255 e. The van der Waals surface area contributed by atoms with Gasteiger partial charge in [0, 0.05) is 35.9 Å². The van der Waals surface area contributed by atoms with E-state index in [1.54, 1.807) is 6.20 Å². The molecule has 4 nitrogen and oxygen atoms in total. The molecule has 1 saturated carbocycles. The molecule has 0 amide bonds. The fourth-order valence-corrected chi connectivity index (χ4v) is 4.42. The Balaban J connectivity index is 1.45. The molecule has 1 aliphatic carbocycles. The standard InChI is InChI=1S/C20H27N3O/c24-20-19-9-8-16(13-15(19)10-11-21-20)22-17-5-4-12-23(14-17)18-6-2-1-3-7-18/h8-11,13,17-18,22H,1-7,12,14H2,(H,21,24). The van der Waals surface area contributed by atoms with Gasteiger partial charge in [-0.3, -0.25) is 9.69 Å². The van der Waals surface area contributed by atoms with Gasteiger partial charge in [-0.15, -0.1) is 0 Å². The van der Waals surface area contributed by atoms with Crippen LogP contribution < -0.4 is 10.9 Å². The quantitative estimate of drug-likeness (QED) is 0.904. The lowest BCUT2D eigenvalue weighted by atomic mass is 9.92. The molecule has 2 aromatic rings. The number of pyridine rings is 1. The minimum Gasteiger partial charge on any atom is -0.381 e. The molecule has 2 N–H and O–H groups in total. The predicted octanol–water partition coefficient (Wildman–Crippen LogP) is 3.74. The van der Waals surface area contributed by atoms with Crippen molar-refractivity contribution in [1.82, 2.24) is 9.88 Å². The van der Waals surface area contributed by atoms with Gasteiger partial charge in [0.2, 0.25) is 0 Å². The second-order valence-corrected chi connectivity index (χ2v) is 7.38. The first-order valence-corrected chi connectivity index (χ1v) is 9.42. The highest BCUT2D eigenvalue weighted by Gasteiger charge is 2.26. The fourth-order valence-electron chi connectivity index (χ4n) is 4.42. The zero-order valence-electron chi connectivity index (χ0n) is 14.3.